The maximum Gasteiger partial charge on any atom is 0.326 e. The smallest absolute Gasteiger partial charge is 0.326 e. The lowest BCUT2D eigenvalue weighted by molar-refractivity contribution is -0.141. The fourth-order valence-corrected chi connectivity index (χ4v) is 2.00. The van der Waals surface area contributed by atoms with Crippen molar-refractivity contribution >= 4 is 22.0 Å². The molecule has 20 heavy (non-hydrogen) atoms. The van der Waals surface area contributed by atoms with Gasteiger partial charge in [0.25, 0.3) is 0 Å². The first-order chi connectivity index (χ1) is 9.17. The topological polar surface area (TPSA) is 110 Å². The molecule has 2 N–H and O–H groups in total. The summed E-state index contributed by atoms with van der Waals surface area (Å²) in [5, 5.41) is 11.3. The molecule has 0 aromatic heterocycles. The molecule has 1 amide bonds. The summed E-state index contributed by atoms with van der Waals surface area (Å²) in [4.78, 5) is 21.9. The van der Waals surface area contributed by atoms with Gasteiger partial charge >= 0.3 is 16.1 Å². The van der Waals surface area contributed by atoms with Crippen molar-refractivity contribution in [1.29, 1.82) is 0 Å². The normalized spacial score (nSPS) is 12.5. The Morgan fingerprint density at radius 1 is 1.30 bits per heavy atom. The first kappa shape index (κ1) is 16.0. The zero-order valence-corrected chi connectivity index (χ0v) is 11.8. The second-order valence-electron chi connectivity index (χ2n) is 4.23. The minimum atomic E-state index is -3.59. The number of carbonyl (C=O) groups excluding carboxylic acids is 1. The number of carboxylic acids is 1. The van der Waals surface area contributed by atoms with Gasteiger partial charge < -0.3 is 14.6 Å². The molecule has 0 aliphatic rings. The van der Waals surface area contributed by atoms with E-state index < -0.39 is 28.0 Å². The molecular weight excluding hydrogens is 286 g/mol. The Kier molecular flexibility index (Phi) is 5.09. The minimum absolute atomic E-state index is 0.0913. The SMILES string of the molecule is CC(=O)N[C@@H](Cc1ccc(OS(C)(=O)=O)cc1)C(=O)O. The molecule has 0 aliphatic heterocycles. The van der Waals surface area contributed by atoms with E-state index in [-0.39, 0.29) is 12.2 Å². The van der Waals surface area contributed by atoms with E-state index in [2.05, 4.69) is 9.50 Å². The van der Waals surface area contributed by atoms with Crippen LogP contribution in [0.15, 0.2) is 24.3 Å². The summed E-state index contributed by atoms with van der Waals surface area (Å²) in [6.07, 6.45) is 1.02. The summed E-state index contributed by atoms with van der Waals surface area (Å²) in [5.41, 5.74) is 0.631. The molecule has 8 heteroatoms. The lowest BCUT2D eigenvalue weighted by atomic mass is 10.1. The van der Waals surface area contributed by atoms with Crippen molar-refractivity contribution in [1.82, 2.24) is 5.32 Å². The Labute approximate surface area is 116 Å². The molecule has 0 bridgehead atoms. The number of amides is 1. The van der Waals surface area contributed by atoms with Crippen LogP contribution in [0.5, 0.6) is 5.75 Å². The van der Waals surface area contributed by atoms with E-state index in [0.29, 0.717) is 5.56 Å². The van der Waals surface area contributed by atoms with Crippen LogP contribution in [0.3, 0.4) is 0 Å². The summed E-state index contributed by atoms with van der Waals surface area (Å²) in [7, 11) is -3.59. The highest BCUT2D eigenvalue weighted by Gasteiger charge is 2.18. The highest BCUT2D eigenvalue weighted by atomic mass is 32.2. The van der Waals surface area contributed by atoms with Crippen molar-refractivity contribution in [3.05, 3.63) is 29.8 Å². The number of nitrogens with one attached hydrogen (secondary N) is 1. The second-order valence-corrected chi connectivity index (χ2v) is 5.80. The number of carbonyl (C=O) groups is 2. The van der Waals surface area contributed by atoms with Crippen molar-refractivity contribution in [3.63, 3.8) is 0 Å². The van der Waals surface area contributed by atoms with Gasteiger partial charge in [-0.3, -0.25) is 4.79 Å². The maximum atomic E-state index is 11.0. The van der Waals surface area contributed by atoms with Crippen molar-refractivity contribution < 1.29 is 27.3 Å². The van der Waals surface area contributed by atoms with Gasteiger partial charge in [0.05, 0.1) is 6.26 Å². The Bertz CT molecular complexity index is 593. The molecule has 110 valence electrons. The zero-order valence-electron chi connectivity index (χ0n) is 11.0. The Hall–Kier alpha value is -2.09. The average molecular weight is 301 g/mol. The van der Waals surface area contributed by atoms with Gasteiger partial charge in [-0.1, -0.05) is 12.1 Å². The van der Waals surface area contributed by atoms with Gasteiger partial charge in [-0.15, -0.1) is 0 Å². The first-order valence-electron chi connectivity index (χ1n) is 5.65. The quantitative estimate of drug-likeness (QED) is 0.724. The molecule has 0 fully saturated rings. The molecule has 0 unspecified atom stereocenters. The lowest BCUT2D eigenvalue weighted by Gasteiger charge is -2.13. The predicted octanol–water partition coefficient (Wildman–Crippen LogP) is 0.157. The van der Waals surface area contributed by atoms with Crippen LogP contribution in [-0.2, 0) is 26.1 Å². The summed E-state index contributed by atoms with van der Waals surface area (Å²) in [6.45, 7) is 1.24. The number of carboxylic acid groups (broad SMARTS) is 1. The van der Waals surface area contributed by atoms with Crippen LogP contribution >= 0.6 is 0 Å². The van der Waals surface area contributed by atoms with E-state index in [1.54, 1.807) is 0 Å². The van der Waals surface area contributed by atoms with E-state index in [1.807, 2.05) is 0 Å². The van der Waals surface area contributed by atoms with Crippen molar-refractivity contribution in [2.24, 2.45) is 0 Å². The van der Waals surface area contributed by atoms with Crippen molar-refractivity contribution in [2.45, 2.75) is 19.4 Å². The number of rotatable bonds is 6. The Morgan fingerprint density at radius 3 is 2.25 bits per heavy atom. The standard InChI is InChI=1S/C12H15NO6S/c1-8(14)13-11(12(15)16)7-9-3-5-10(6-4-9)19-20(2,17)18/h3-6,11H,7H2,1-2H3,(H,13,14)(H,15,16)/t11-/m0/s1. The molecule has 1 aromatic rings. The molecule has 0 aliphatic carbocycles. The summed E-state index contributed by atoms with van der Waals surface area (Å²) in [5.74, 6) is -1.44. The molecule has 0 radical (unpaired) electrons. The number of aliphatic carboxylic acids is 1. The van der Waals surface area contributed by atoms with Crippen molar-refractivity contribution in [2.75, 3.05) is 6.26 Å². The van der Waals surface area contributed by atoms with E-state index in [4.69, 9.17) is 5.11 Å². The molecule has 0 heterocycles. The van der Waals surface area contributed by atoms with E-state index >= 15 is 0 Å². The molecule has 0 spiro atoms. The van der Waals surface area contributed by atoms with Crippen LogP contribution < -0.4 is 9.50 Å². The van der Waals surface area contributed by atoms with E-state index in [0.717, 1.165) is 6.26 Å². The maximum absolute atomic E-state index is 11.0. The van der Waals surface area contributed by atoms with Crippen molar-refractivity contribution in [3.8, 4) is 5.75 Å². The van der Waals surface area contributed by atoms with Gasteiger partial charge in [-0.05, 0) is 17.7 Å². The molecule has 0 saturated heterocycles. The minimum Gasteiger partial charge on any atom is -0.480 e. The largest absolute Gasteiger partial charge is 0.480 e. The zero-order chi connectivity index (χ0) is 15.3. The van der Waals surface area contributed by atoms with Crippen LogP contribution in [0.1, 0.15) is 12.5 Å². The molecule has 7 nitrogen and oxygen atoms in total. The summed E-state index contributed by atoms with van der Waals surface area (Å²) >= 11 is 0. The first-order valence-corrected chi connectivity index (χ1v) is 7.47. The molecule has 1 aromatic carbocycles. The van der Waals surface area contributed by atoms with Crippen LogP contribution in [0.25, 0.3) is 0 Å². The van der Waals surface area contributed by atoms with Gasteiger partial charge in [0.15, 0.2) is 0 Å². The van der Waals surface area contributed by atoms with Crippen LogP contribution in [0.2, 0.25) is 0 Å². The van der Waals surface area contributed by atoms with Gasteiger partial charge in [0.1, 0.15) is 11.8 Å². The Balaban J connectivity index is 2.77. The van der Waals surface area contributed by atoms with Gasteiger partial charge in [-0.25, -0.2) is 4.79 Å². The second kappa shape index (κ2) is 6.38. The van der Waals surface area contributed by atoms with Gasteiger partial charge in [0, 0.05) is 13.3 Å². The van der Waals surface area contributed by atoms with Gasteiger partial charge in [0.2, 0.25) is 5.91 Å². The number of hydrogen-bond acceptors (Lipinski definition) is 5. The fraction of sp³-hybridized carbons (Fsp3) is 0.333. The van der Waals surface area contributed by atoms with Crippen LogP contribution in [0, 0.1) is 0 Å². The fourth-order valence-electron chi connectivity index (χ4n) is 1.54. The third kappa shape index (κ3) is 5.70. The average Bonchev–Trinajstić information content (AvgIpc) is 2.28. The molecule has 1 atom stereocenters. The molecule has 0 saturated carbocycles. The monoisotopic (exact) mass is 301 g/mol. The van der Waals surface area contributed by atoms with E-state index in [9.17, 15) is 18.0 Å². The summed E-state index contributed by atoms with van der Waals surface area (Å²) in [6, 6.07) is 4.89. The van der Waals surface area contributed by atoms with E-state index in [1.165, 1.54) is 31.2 Å². The summed E-state index contributed by atoms with van der Waals surface area (Å²) < 4.78 is 26.5. The number of hydrogen-bond donors (Lipinski definition) is 2. The molecule has 1 rings (SSSR count). The Morgan fingerprint density at radius 2 is 1.85 bits per heavy atom. The van der Waals surface area contributed by atoms with Crippen LogP contribution in [0.4, 0.5) is 0 Å². The van der Waals surface area contributed by atoms with Crippen LogP contribution in [-0.4, -0.2) is 37.7 Å². The highest BCUT2D eigenvalue weighted by molar-refractivity contribution is 7.86. The third-order valence-electron chi connectivity index (χ3n) is 2.29. The lowest BCUT2D eigenvalue weighted by Crippen LogP contribution is -2.41. The van der Waals surface area contributed by atoms with Gasteiger partial charge in [-0.2, -0.15) is 8.42 Å². The number of benzene rings is 1. The highest BCUT2D eigenvalue weighted by Crippen LogP contribution is 2.15. The molecular formula is C12H15NO6S. The third-order valence-corrected chi connectivity index (χ3v) is 2.78. The predicted molar refractivity (Wildman–Crippen MR) is 70.9 cm³/mol.